The van der Waals surface area contributed by atoms with E-state index in [4.69, 9.17) is 17.7 Å². The van der Waals surface area contributed by atoms with Crippen LogP contribution in [0.1, 0.15) is 11.1 Å². The largest absolute Gasteiger partial charge is 0.456 e. The number of furan rings is 4. The first-order valence-corrected chi connectivity index (χ1v) is 30.0. The average Bonchev–Trinajstić information content (AvgIpc) is 3.71. The molecule has 0 unspecified atom stereocenters. The first-order valence-electron chi connectivity index (χ1n) is 30.0. The molecule has 18 aromatic rings. The fourth-order valence-corrected chi connectivity index (χ4v) is 13.9. The molecule has 0 atom stereocenters. The number of para-hydroxylation sites is 6. The number of benzene rings is 14. The number of nitrogens with zero attached hydrogens (tertiary/aromatic N) is 2. The molecule has 0 aliphatic heterocycles. The molecule has 414 valence electrons. The molecule has 0 amide bonds. The third kappa shape index (κ3) is 7.68. The predicted octanol–water partition coefficient (Wildman–Crippen LogP) is 24.1. The van der Waals surface area contributed by atoms with Crippen LogP contribution >= 0.6 is 0 Å². The van der Waals surface area contributed by atoms with Crippen LogP contribution in [0, 0.1) is 13.8 Å². The van der Waals surface area contributed by atoms with E-state index in [1.165, 1.54) is 0 Å². The van der Waals surface area contributed by atoms with Crippen LogP contribution in [-0.2, 0) is 0 Å². The van der Waals surface area contributed by atoms with Gasteiger partial charge in [0.2, 0.25) is 0 Å². The summed E-state index contributed by atoms with van der Waals surface area (Å²) in [5.41, 5.74) is 21.4. The molecule has 0 fully saturated rings. The van der Waals surface area contributed by atoms with Gasteiger partial charge in [0.15, 0.2) is 11.2 Å². The van der Waals surface area contributed by atoms with E-state index in [9.17, 15) is 0 Å². The molecular formula is C82H52N2O4. The molecule has 0 spiro atoms. The zero-order valence-electron chi connectivity index (χ0n) is 48.1. The van der Waals surface area contributed by atoms with Crippen LogP contribution in [0.3, 0.4) is 0 Å². The molecule has 0 radical (unpaired) electrons. The Morgan fingerprint density at radius 2 is 0.682 bits per heavy atom. The van der Waals surface area contributed by atoms with Crippen molar-refractivity contribution in [3.05, 3.63) is 290 Å². The van der Waals surface area contributed by atoms with Gasteiger partial charge >= 0.3 is 0 Å². The minimum Gasteiger partial charge on any atom is -0.456 e. The Labute approximate surface area is 505 Å². The second kappa shape index (κ2) is 19.5. The lowest BCUT2D eigenvalue weighted by atomic mass is 9.95. The highest BCUT2D eigenvalue weighted by Crippen LogP contribution is 2.51. The number of hydrogen-bond donors (Lipinski definition) is 0. The Bertz CT molecular complexity index is 5630. The Balaban J connectivity index is 0.784. The molecule has 6 nitrogen and oxygen atoms in total. The van der Waals surface area contributed by atoms with E-state index in [0.29, 0.717) is 0 Å². The summed E-state index contributed by atoms with van der Waals surface area (Å²) in [6.45, 7) is 4.34. The first kappa shape index (κ1) is 49.8. The van der Waals surface area contributed by atoms with Gasteiger partial charge in [-0.25, -0.2) is 0 Å². The monoisotopic (exact) mass is 1130 g/mol. The van der Waals surface area contributed by atoms with Crippen LogP contribution in [-0.4, -0.2) is 0 Å². The molecule has 14 aromatic carbocycles. The fraction of sp³-hybridized carbons (Fsp3) is 0.0244. The van der Waals surface area contributed by atoms with Gasteiger partial charge in [-0.2, -0.15) is 0 Å². The van der Waals surface area contributed by atoms with Gasteiger partial charge in [-0.15, -0.1) is 0 Å². The summed E-state index contributed by atoms with van der Waals surface area (Å²) in [5, 5.41) is 12.7. The normalized spacial score (nSPS) is 12.0. The third-order valence-corrected chi connectivity index (χ3v) is 18.0. The molecular weight excluding hydrogens is 1080 g/mol. The molecule has 6 heteroatoms. The van der Waals surface area contributed by atoms with Crippen molar-refractivity contribution in [2.75, 3.05) is 9.80 Å². The summed E-state index contributed by atoms with van der Waals surface area (Å²) in [7, 11) is 0. The van der Waals surface area contributed by atoms with Crippen LogP contribution in [0.2, 0.25) is 0 Å². The maximum absolute atomic E-state index is 7.22. The summed E-state index contributed by atoms with van der Waals surface area (Å²) >= 11 is 0. The lowest BCUT2D eigenvalue weighted by molar-refractivity contribution is 0.665. The molecule has 0 saturated heterocycles. The minimum atomic E-state index is 0.799. The summed E-state index contributed by atoms with van der Waals surface area (Å²) in [6, 6.07) is 99.2. The first-order chi connectivity index (χ1) is 43.5. The van der Waals surface area contributed by atoms with Crippen molar-refractivity contribution in [2.45, 2.75) is 13.8 Å². The SMILES string of the molecule is Cc1ccccc1N(c1ccc2cc3c(cc2c1)oc1c(-c2ccccc2)c2c(cc13)oc1cc3cc(N(c4ccccc4C)c4cccc5c4oc4c(-c6ccccc6)cccc45)ccc3cc12)c1cccc2c1oc1c(-c3ccccc3)cccc12. The summed E-state index contributed by atoms with van der Waals surface area (Å²) < 4.78 is 28.4. The Hall–Kier alpha value is -11.6. The number of fused-ring (bicyclic) bond motifs is 14. The number of anilines is 6. The van der Waals surface area contributed by atoms with Gasteiger partial charge < -0.3 is 27.5 Å². The molecule has 4 aromatic heterocycles. The molecule has 0 saturated carbocycles. The van der Waals surface area contributed by atoms with Crippen molar-refractivity contribution in [3.8, 4) is 33.4 Å². The van der Waals surface area contributed by atoms with Crippen molar-refractivity contribution in [1.82, 2.24) is 0 Å². The van der Waals surface area contributed by atoms with Crippen LogP contribution in [0.15, 0.2) is 297 Å². The Morgan fingerprint density at radius 1 is 0.250 bits per heavy atom. The minimum absolute atomic E-state index is 0.799. The van der Waals surface area contributed by atoms with Gasteiger partial charge in [0, 0.05) is 82.5 Å². The summed E-state index contributed by atoms with van der Waals surface area (Å²) in [4.78, 5) is 4.68. The van der Waals surface area contributed by atoms with Gasteiger partial charge in [0.25, 0.3) is 0 Å². The number of hydrogen-bond acceptors (Lipinski definition) is 6. The quantitative estimate of drug-likeness (QED) is 0.144. The average molecular weight is 1130 g/mol. The maximum Gasteiger partial charge on any atom is 0.159 e. The zero-order chi connectivity index (χ0) is 58.1. The molecule has 0 bridgehead atoms. The topological polar surface area (TPSA) is 59.0 Å². The smallest absolute Gasteiger partial charge is 0.159 e. The van der Waals surface area contributed by atoms with E-state index in [0.717, 1.165) is 188 Å². The van der Waals surface area contributed by atoms with E-state index in [2.05, 4.69) is 303 Å². The van der Waals surface area contributed by atoms with E-state index < -0.39 is 0 Å². The Kier molecular flexibility index (Phi) is 11.0. The van der Waals surface area contributed by atoms with E-state index in [1.54, 1.807) is 0 Å². The van der Waals surface area contributed by atoms with E-state index in [-0.39, 0.29) is 0 Å². The summed E-state index contributed by atoms with van der Waals surface area (Å²) in [5.74, 6) is 0. The molecule has 88 heavy (non-hydrogen) atoms. The number of rotatable bonds is 9. The fourth-order valence-electron chi connectivity index (χ4n) is 13.9. The van der Waals surface area contributed by atoms with Crippen LogP contribution < -0.4 is 9.80 Å². The Morgan fingerprint density at radius 3 is 1.19 bits per heavy atom. The van der Waals surface area contributed by atoms with E-state index >= 15 is 0 Å². The highest BCUT2D eigenvalue weighted by molar-refractivity contribution is 6.26. The summed E-state index contributed by atoms with van der Waals surface area (Å²) in [6.07, 6.45) is 0. The van der Waals surface area contributed by atoms with Crippen molar-refractivity contribution < 1.29 is 17.7 Å². The highest BCUT2D eigenvalue weighted by Gasteiger charge is 2.27. The molecule has 0 aliphatic carbocycles. The maximum atomic E-state index is 7.22. The second-order valence-electron chi connectivity index (χ2n) is 23.2. The van der Waals surface area contributed by atoms with Crippen molar-refractivity contribution in [3.63, 3.8) is 0 Å². The van der Waals surface area contributed by atoms with Crippen molar-refractivity contribution in [2.24, 2.45) is 0 Å². The molecule has 18 rings (SSSR count). The van der Waals surface area contributed by atoms with Gasteiger partial charge in [-0.3, -0.25) is 0 Å². The van der Waals surface area contributed by atoms with Crippen molar-refractivity contribution in [1.29, 1.82) is 0 Å². The van der Waals surface area contributed by atoms with Gasteiger partial charge in [-0.05, 0) is 142 Å². The third-order valence-electron chi connectivity index (χ3n) is 18.0. The zero-order valence-corrected chi connectivity index (χ0v) is 48.1. The van der Waals surface area contributed by atoms with Gasteiger partial charge in [0.05, 0.1) is 11.4 Å². The molecule has 0 N–H and O–H groups in total. The standard InChI is InChI=1S/C82H52N2O4/c1-49-20-12-14-34-69(49)83(71-36-18-32-64-62-30-16-28-60(78(62)87-80(64)71)51-22-6-3-7-23-51)58-40-38-54-44-66-67-48-75-77(76(53-26-10-5-11-27-53)82(67)86-73(66)46-56(54)42-58)68-45-55-39-41-59(43-57(55)47-74(68)85-75)84(70-35-15-13-21-50(70)2)72-37-19-33-65-63-31-17-29-61(79(63)88-81(65)72)52-24-8-4-9-25-52/h3-48H,1-2H3. The van der Waals surface area contributed by atoms with E-state index in [1.807, 2.05) is 0 Å². The van der Waals surface area contributed by atoms with Crippen LogP contribution in [0.4, 0.5) is 34.1 Å². The number of aryl methyl sites for hydroxylation is 2. The lowest BCUT2D eigenvalue weighted by Gasteiger charge is -2.27. The molecule has 0 aliphatic rings. The van der Waals surface area contributed by atoms with Gasteiger partial charge in [-0.1, -0.05) is 200 Å². The van der Waals surface area contributed by atoms with Crippen molar-refractivity contribution >= 4 is 143 Å². The van der Waals surface area contributed by atoms with Gasteiger partial charge in [0.1, 0.15) is 33.5 Å². The molecule has 4 heterocycles. The second-order valence-corrected chi connectivity index (χ2v) is 23.2. The lowest BCUT2D eigenvalue weighted by Crippen LogP contribution is -2.11. The highest BCUT2D eigenvalue weighted by atomic mass is 16.3. The van der Waals surface area contributed by atoms with Crippen LogP contribution in [0.25, 0.3) is 143 Å². The van der Waals surface area contributed by atoms with Crippen LogP contribution in [0.5, 0.6) is 0 Å². The predicted molar refractivity (Wildman–Crippen MR) is 366 cm³/mol.